The molecule has 5 heteroatoms. The molecular weight excluding hydrogens is 320 g/mol. The summed E-state index contributed by atoms with van der Waals surface area (Å²) >= 11 is -3.39. The van der Waals surface area contributed by atoms with E-state index in [0.717, 1.165) is 11.1 Å². The Balaban J connectivity index is 3.17. The molecular formula is C12H16Cl2GeO2. The Labute approximate surface area is 114 Å². The number of ether oxygens (including phenoxy) is 1. The van der Waals surface area contributed by atoms with E-state index in [0.29, 0.717) is 0 Å². The van der Waals surface area contributed by atoms with Crippen LogP contribution in [0.1, 0.15) is 17.2 Å². The molecule has 1 unspecified atom stereocenters. The van der Waals surface area contributed by atoms with Crippen molar-refractivity contribution in [2.24, 2.45) is 0 Å². The van der Waals surface area contributed by atoms with Crippen LogP contribution in [0.2, 0.25) is 0 Å². The third-order valence-corrected chi connectivity index (χ3v) is 10.6. The van der Waals surface area contributed by atoms with Crippen molar-refractivity contribution in [2.75, 3.05) is 14.2 Å². The molecule has 1 rings (SSSR count). The molecule has 0 amide bonds. The van der Waals surface area contributed by atoms with E-state index >= 15 is 0 Å². The molecule has 17 heavy (non-hydrogen) atoms. The molecule has 0 aliphatic carbocycles. The molecule has 0 heterocycles. The maximum absolute atomic E-state index is 6.39. The van der Waals surface area contributed by atoms with E-state index in [4.69, 9.17) is 28.5 Å². The molecule has 1 aromatic rings. The van der Waals surface area contributed by atoms with Crippen molar-refractivity contribution in [3.63, 3.8) is 0 Å². The maximum atomic E-state index is 6.39. The molecule has 0 aliphatic rings. The third-order valence-electron chi connectivity index (χ3n) is 2.50. The fourth-order valence-corrected chi connectivity index (χ4v) is 7.80. The van der Waals surface area contributed by atoms with Crippen LogP contribution in [0.5, 0.6) is 0 Å². The molecule has 94 valence electrons. The van der Waals surface area contributed by atoms with Gasteiger partial charge >= 0.3 is 114 Å². The van der Waals surface area contributed by atoms with Crippen molar-refractivity contribution in [1.82, 2.24) is 0 Å². The van der Waals surface area contributed by atoms with E-state index in [9.17, 15) is 0 Å². The third kappa shape index (κ3) is 3.92. The van der Waals surface area contributed by atoms with Crippen LogP contribution in [0, 0.1) is 0 Å². The molecule has 0 radical (unpaired) electrons. The molecule has 2 nitrogen and oxygen atoms in total. The second-order valence-electron chi connectivity index (χ2n) is 3.71. The van der Waals surface area contributed by atoms with Gasteiger partial charge in [0.1, 0.15) is 0 Å². The van der Waals surface area contributed by atoms with Gasteiger partial charge in [-0.2, -0.15) is 0 Å². The van der Waals surface area contributed by atoms with E-state index in [2.05, 4.69) is 0 Å². The minimum absolute atomic E-state index is 0.0931. The molecule has 0 bridgehead atoms. The molecule has 0 fully saturated rings. The van der Waals surface area contributed by atoms with Gasteiger partial charge in [0.25, 0.3) is 0 Å². The molecule has 1 aromatic carbocycles. The zero-order valence-corrected chi connectivity index (χ0v) is 13.7. The quantitative estimate of drug-likeness (QED) is 0.600. The second-order valence-corrected chi connectivity index (χ2v) is 15.0. The summed E-state index contributed by atoms with van der Waals surface area (Å²) in [5, 5.41) is 0. The van der Waals surface area contributed by atoms with Gasteiger partial charge in [0.15, 0.2) is 0 Å². The summed E-state index contributed by atoms with van der Waals surface area (Å²) in [4.78, 5) is 0. The van der Waals surface area contributed by atoms with E-state index < -0.39 is 11.7 Å². The van der Waals surface area contributed by atoms with Gasteiger partial charge in [0.2, 0.25) is 0 Å². The van der Waals surface area contributed by atoms with Gasteiger partial charge in [0.05, 0.1) is 0 Å². The predicted octanol–water partition coefficient (Wildman–Crippen LogP) is 3.92. The van der Waals surface area contributed by atoms with Gasteiger partial charge < -0.3 is 0 Å². The van der Waals surface area contributed by atoms with Crippen LogP contribution in [0.3, 0.4) is 0 Å². The van der Waals surface area contributed by atoms with Crippen molar-refractivity contribution in [3.8, 4) is 0 Å². The Bertz CT molecular complexity index is 379. The van der Waals surface area contributed by atoms with Crippen LogP contribution in [0.4, 0.5) is 0 Å². The van der Waals surface area contributed by atoms with Gasteiger partial charge in [-0.25, -0.2) is 0 Å². The molecule has 0 spiro atoms. The van der Waals surface area contributed by atoms with Crippen molar-refractivity contribution in [3.05, 3.63) is 47.7 Å². The first-order valence-electron chi connectivity index (χ1n) is 5.20. The van der Waals surface area contributed by atoms with Crippen LogP contribution in [0.25, 0.3) is 0 Å². The molecule has 0 aromatic heterocycles. The average molecular weight is 336 g/mol. The molecule has 0 N–H and O–H groups in total. The second kappa shape index (κ2) is 6.69. The first-order valence-corrected chi connectivity index (χ1v) is 12.8. The van der Waals surface area contributed by atoms with Crippen LogP contribution in [-0.2, 0) is 8.50 Å². The van der Waals surface area contributed by atoms with Crippen molar-refractivity contribution in [1.29, 1.82) is 0 Å². The van der Waals surface area contributed by atoms with Gasteiger partial charge in [-0.1, -0.05) is 0 Å². The monoisotopic (exact) mass is 336 g/mol. The number of hydrogen-bond donors (Lipinski definition) is 0. The Morgan fingerprint density at radius 1 is 1.24 bits per heavy atom. The van der Waals surface area contributed by atoms with E-state index in [1.165, 1.54) is 0 Å². The summed E-state index contributed by atoms with van der Waals surface area (Å²) in [6, 6.07) is 9.89. The average Bonchev–Trinajstić information content (AvgIpc) is 2.30. The molecule has 0 saturated carbocycles. The summed E-state index contributed by atoms with van der Waals surface area (Å²) in [5.41, 5.74) is 2.04. The first-order chi connectivity index (χ1) is 8.03. The zero-order chi connectivity index (χ0) is 12.9. The predicted molar refractivity (Wildman–Crippen MR) is 74.4 cm³/mol. The molecule has 0 saturated heterocycles. The summed E-state index contributed by atoms with van der Waals surface area (Å²) in [7, 11) is 15.9. The number of halogens is 2. The summed E-state index contributed by atoms with van der Waals surface area (Å²) in [6.45, 7) is 1.95. The summed E-state index contributed by atoms with van der Waals surface area (Å²) < 4.78 is 10.3. The minimum atomic E-state index is -3.39. The van der Waals surface area contributed by atoms with Crippen molar-refractivity contribution >= 4 is 31.8 Å². The Morgan fingerprint density at radius 3 is 2.29 bits per heavy atom. The number of benzene rings is 1. The normalized spacial score (nSPS) is 14.5. The van der Waals surface area contributed by atoms with E-state index in [1.54, 1.807) is 20.5 Å². The fraction of sp³-hybridized carbons (Fsp3) is 0.333. The summed E-state index contributed by atoms with van der Waals surface area (Å²) in [6.07, 6.45) is 1.67. The van der Waals surface area contributed by atoms with Crippen LogP contribution in [0.15, 0.2) is 42.2 Å². The molecule has 1 atom stereocenters. The standard InChI is InChI=1S/C12H16Cl2GeO2/c1-10(9-16-2)12(15(13,14)17-3)11-7-5-4-6-8-11/h4-9,12H,1-3H3/b10-9-. The number of hydrogen-bond acceptors (Lipinski definition) is 2. The molecule has 0 aliphatic heterocycles. The first kappa shape index (κ1) is 14.9. The zero-order valence-electron chi connectivity index (χ0n) is 10.1. The Hall–Kier alpha value is -0.157. The van der Waals surface area contributed by atoms with Gasteiger partial charge in [-0.3, -0.25) is 0 Å². The number of rotatable bonds is 5. The van der Waals surface area contributed by atoms with E-state index in [-0.39, 0.29) is 4.75 Å². The van der Waals surface area contributed by atoms with Crippen molar-refractivity contribution < 1.29 is 8.50 Å². The van der Waals surface area contributed by atoms with Gasteiger partial charge in [-0.15, -0.1) is 0 Å². The Kier molecular flexibility index (Phi) is 5.86. The van der Waals surface area contributed by atoms with E-state index in [1.807, 2.05) is 37.3 Å². The van der Waals surface area contributed by atoms with Crippen molar-refractivity contribution in [2.45, 2.75) is 11.7 Å². The fourth-order valence-electron chi connectivity index (χ4n) is 1.74. The number of methoxy groups -OCH3 is 1. The van der Waals surface area contributed by atoms with Crippen LogP contribution >= 0.6 is 20.0 Å². The van der Waals surface area contributed by atoms with Crippen LogP contribution in [-0.4, -0.2) is 26.0 Å². The van der Waals surface area contributed by atoms with Gasteiger partial charge in [0, 0.05) is 0 Å². The summed E-state index contributed by atoms with van der Waals surface area (Å²) in [5.74, 6) is 0. The topological polar surface area (TPSA) is 18.5 Å². The number of allylic oxidation sites excluding steroid dienone is 1. The SMILES string of the molecule is CO/C=C(/C)[CH](c1ccccc1)[Ge]([Cl])([Cl])[O]C. The Morgan fingerprint density at radius 2 is 1.82 bits per heavy atom. The van der Waals surface area contributed by atoms with Crippen LogP contribution < -0.4 is 0 Å². The van der Waals surface area contributed by atoms with Gasteiger partial charge in [-0.05, 0) is 0 Å².